The van der Waals surface area contributed by atoms with Crippen molar-refractivity contribution in [3.63, 3.8) is 0 Å². The standard InChI is InChI=1S/C26H27Cl2N3O4S/c1-18-8-7-9-22(14-18)31(36(34,35)23-10-5-4-6-11-23)17-25(32)30(19(2)26(33)29-3)16-20-12-13-21(27)15-24(20)28/h4-15,19H,16-17H2,1-3H3,(H,29,33)/t19-/m0/s1. The molecule has 0 aliphatic heterocycles. The van der Waals surface area contributed by atoms with Crippen LogP contribution in [0.15, 0.2) is 77.7 Å². The third-order valence-electron chi connectivity index (χ3n) is 5.67. The van der Waals surface area contributed by atoms with Gasteiger partial charge in [-0.3, -0.25) is 13.9 Å². The molecule has 0 saturated carbocycles. The predicted molar refractivity (Wildman–Crippen MR) is 143 cm³/mol. The number of benzene rings is 3. The Balaban J connectivity index is 2.04. The van der Waals surface area contributed by atoms with E-state index in [0.717, 1.165) is 9.87 Å². The molecule has 3 rings (SSSR count). The number of carbonyl (C=O) groups excluding carboxylic acids is 2. The van der Waals surface area contributed by atoms with Crippen molar-refractivity contribution in [2.45, 2.75) is 31.3 Å². The Labute approximate surface area is 221 Å². The summed E-state index contributed by atoms with van der Waals surface area (Å²) in [5, 5.41) is 3.30. The zero-order valence-electron chi connectivity index (χ0n) is 20.1. The van der Waals surface area contributed by atoms with E-state index in [0.29, 0.717) is 21.3 Å². The molecular weight excluding hydrogens is 521 g/mol. The summed E-state index contributed by atoms with van der Waals surface area (Å²) < 4.78 is 28.4. The van der Waals surface area contributed by atoms with E-state index in [4.69, 9.17) is 23.2 Å². The van der Waals surface area contributed by atoms with Crippen molar-refractivity contribution in [1.29, 1.82) is 0 Å². The number of carbonyl (C=O) groups is 2. The highest BCUT2D eigenvalue weighted by Gasteiger charge is 2.32. The van der Waals surface area contributed by atoms with Gasteiger partial charge in [0.05, 0.1) is 10.6 Å². The molecule has 0 aliphatic rings. The summed E-state index contributed by atoms with van der Waals surface area (Å²) in [6.07, 6.45) is 0. The van der Waals surface area contributed by atoms with Crippen LogP contribution in [0.2, 0.25) is 10.0 Å². The second kappa shape index (κ2) is 11.8. The van der Waals surface area contributed by atoms with Crippen LogP contribution in [0.1, 0.15) is 18.1 Å². The van der Waals surface area contributed by atoms with Gasteiger partial charge in [-0.05, 0) is 61.4 Å². The fourth-order valence-electron chi connectivity index (χ4n) is 3.66. The number of anilines is 1. The highest BCUT2D eigenvalue weighted by Crippen LogP contribution is 2.27. The van der Waals surface area contributed by atoms with Gasteiger partial charge in [-0.25, -0.2) is 8.42 Å². The third kappa shape index (κ3) is 6.37. The van der Waals surface area contributed by atoms with Gasteiger partial charge >= 0.3 is 0 Å². The Kier molecular flexibility index (Phi) is 9.00. The Morgan fingerprint density at radius 1 is 0.972 bits per heavy atom. The molecule has 0 radical (unpaired) electrons. The average molecular weight is 548 g/mol. The average Bonchev–Trinajstić information content (AvgIpc) is 2.86. The number of nitrogens with zero attached hydrogens (tertiary/aromatic N) is 2. The lowest BCUT2D eigenvalue weighted by Gasteiger charge is -2.32. The number of rotatable bonds is 9. The van der Waals surface area contributed by atoms with Crippen LogP contribution >= 0.6 is 23.2 Å². The van der Waals surface area contributed by atoms with Gasteiger partial charge in [0.2, 0.25) is 11.8 Å². The van der Waals surface area contributed by atoms with E-state index in [1.54, 1.807) is 61.5 Å². The zero-order valence-corrected chi connectivity index (χ0v) is 22.4. The molecule has 0 saturated heterocycles. The van der Waals surface area contributed by atoms with Crippen molar-refractivity contribution in [3.05, 3.63) is 94.0 Å². The van der Waals surface area contributed by atoms with Gasteiger partial charge in [-0.15, -0.1) is 0 Å². The number of nitrogens with one attached hydrogen (secondary N) is 1. The van der Waals surface area contributed by atoms with Crippen LogP contribution in [0.25, 0.3) is 0 Å². The van der Waals surface area contributed by atoms with Crippen LogP contribution in [-0.2, 0) is 26.2 Å². The molecule has 1 N–H and O–H groups in total. The van der Waals surface area contributed by atoms with Crippen molar-refractivity contribution in [2.24, 2.45) is 0 Å². The van der Waals surface area contributed by atoms with Gasteiger partial charge in [0.15, 0.2) is 0 Å². The van der Waals surface area contributed by atoms with Gasteiger partial charge in [-0.2, -0.15) is 0 Å². The minimum Gasteiger partial charge on any atom is -0.357 e. The maximum absolute atomic E-state index is 13.7. The molecule has 190 valence electrons. The molecule has 10 heteroatoms. The molecule has 0 unspecified atom stereocenters. The van der Waals surface area contributed by atoms with E-state index in [9.17, 15) is 18.0 Å². The van der Waals surface area contributed by atoms with E-state index < -0.39 is 34.4 Å². The molecule has 7 nitrogen and oxygen atoms in total. The smallest absolute Gasteiger partial charge is 0.264 e. The molecule has 0 fully saturated rings. The molecule has 0 bridgehead atoms. The maximum Gasteiger partial charge on any atom is 0.264 e. The van der Waals surface area contributed by atoms with E-state index in [1.807, 2.05) is 13.0 Å². The molecule has 3 aromatic rings. The molecule has 0 aromatic heterocycles. The van der Waals surface area contributed by atoms with Gasteiger partial charge in [0.1, 0.15) is 12.6 Å². The summed E-state index contributed by atoms with van der Waals surface area (Å²) in [5.41, 5.74) is 1.74. The summed E-state index contributed by atoms with van der Waals surface area (Å²) in [4.78, 5) is 27.6. The lowest BCUT2D eigenvalue weighted by Crippen LogP contribution is -2.50. The molecule has 0 spiro atoms. The Morgan fingerprint density at radius 2 is 1.67 bits per heavy atom. The Bertz CT molecular complexity index is 1350. The van der Waals surface area contributed by atoms with E-state index in [1.165, 1.54) is 24.1 Å². The molecule has 1 atom stereocenters. The van der Waals surface area contributed by atoms with Crippen LogP contribution < -0.4 is 9.62 Å². The second-order valence-electron chi connectivity index (χ2n) is 8.21. The number of hydrogen-bond donors (Lipinski definition) is 1. The predicted octanol–water partition coefficient (Wildman–Crippen LogP) is 4.66. The Hall–Kier alpha value is -3.07. The Morgan fingerprint density at radius 3 is 2.28 bits per heavy atom. The van der Waals surface area contributed by atoms with Crippen molar-refractivity contribution in [2.75, 3.05) is 17.9 Å². The first-order chi connectivity index (χ1) is 17.0. The third-order valence-corrected chi connectivity index (χ3v) is 8.04. The number of amides is 2. The summed E-state index contributed by atoms with van der Waals surface area (Å²) in [5.74, 6) is -0.973. The lowest BCUT2D eigenvalue weighted by atomic mass is 10.1. The molecular formula is C26H27Cl2N3O4S. The summed E-state index contributed by atoms with van der Waals surface area (Å²) in [6.45, 7) is 2.87. The van der Waals surface area contributed by atoms with Gasteiger partial charge in [0.25, 0.3) is 10.0 Å². The summed E-state index contributed by atoms with van der Waals surface area (Å²) in [6, 6.07) is 18.7. The quantitative estimate of drug-likeness (QED) is 0.422. The summed E-state index contributed by atoms with van der Waals surface area (Å²) in [7, 11) is -2.63. The zero-order chi connectivity index (χ0) is 26.5. The van der Waals surface area contributed by atoms with Crippen molar-refractivity contribution in [3.8, 4) is 0 Å². The van der Waals surface area contributed by atoms with Gasteiger partial charge < -0.3 is 10.2 Å². The number of sulfonamides is 1. The largest absolute Gasteiger partial charge is 0.357 e. The number of aryl methyl sites for hydroxylation is 1. The van der Waals surface area contributed by atoms with E-state index in [2.05, 4.69) is 5.32 Å². The molecule has 0 aliphatic carbocycles. The molecule has 2 amide bonds. The van der Waals surface area contributed by atoms with Crippen molar-refractivity contribution < 1.29 is 18.0 Å². The first-order valence-corrected chi connectivity index (χ1v) is 13.3. The number of halogens is 2. The van der Waals surface area contributed by atoms with E-state index >= 15 is 0 Å². The summed E-state index contributed by atoms with van der Waals surface area (Å²) >= 11 is 12.3. The molecule has 36 heavy (non-hydrogen) atoms. The highest BCUT2D eigenvalue weighted by atomic mass is 35.5. The molecule has 3 aromatic carbocycles. The van der Waals surface area contributed by atoms with E-state index in [-0.39, 0.29) is 11.4 Å². The SMILES string of the molecule is CNC(=O)[C@H](C)N(Cc1ccc(Cl)cc1Cl)C(=O)CN(c1cccc(C)c1)S(=O)(=O)c1ccccc1. The first kappa shape index (κ1) is 27.5. The van der Waals surface area contributed by atoms with Crippen molar-refractivity contribution in [1.82, 2.24) is 10.2 Å². The fourth-order valence-corrected chi connectivity index (χ4v) is 5.55. The maximum atomic E-state index is 13.7. The normalized spacial score (nSPS) is 12.0. The topological polar surface area (TPSA) is 86.8 Å². The monoisotopic (exact) mass is 547 g/mol. The lowest BCUT2D eigenvalue weighted by molar-refractivity contribution is -0.139. The number of hydrogen-bond acceptors (Lipinski definition) is 4. The van der Waals surface area contributed by atoms with Crippen LogP contribution in [0.3, 0.4) is 0 Å². The fraction of sp³-hybridized carbons (Fsp3) is 0.231. The van der Waals surface area contributed by atoms with Crippen LogP contribution in [-0.4, -0.2) is 44.8 Å². The van der Waals surface area contributed by atoms with Gasteiger partial charge in [0, 0.05) is 23.6 Å². The van der Waals surface area contributed by atoms with Gasteiger partial charge in [-0.1, -0.05) is 59.6 Å². The van der Waals surface area contributed by atoms with Crippen LogP contribution in [0, 0.1) is 6.92 Å². The highest BCUT2D eigenvalue weighted by molar-refractivity contribution is 7.92. The second-order valence-corrected chi connectivity index (χ2v) is 10.9. The first-order valence-electron chi connectivity index (χ1n) is 11.1. The van der Waals surface area contributed by atoms with Crippen LogP contribution in [0.4, 0.5) is 5.69 Å². The number of likely N-dealkylation sites (N-methyl/N-ethyl adjacent to an activating group) is 1. The van der Waals surface area contributed by atoms with Crippen molar-refractivity contribution >= 4 is 50.7 Å². The minimum absolute atomic E-state index is 0.0174. The molecule has 0 heterocycles. The minimum atomic E-state index is -4.10. The van der Waals surface area contributed by atoms with Crippen LogP contribution in [0.5, 0.6) is 0 Å².